The van der Waals surface area contributed by atoms with E-state index in [1.807, 2.05) is 11.0 Å². The van der Waals surface area contributed by atoms with Crippen molar-refractivity contribution in [2.24, 2.45) is 5.73 Å². The molecule has 0 unspecified atom stereocenters. The monoisotopic (exact) mass is 307 g/mol. The normalized spacial score (nSPS) is 19.7. The Morgan fingerprint density at radius 2 is 2.41 bits per heavy atom. The maximum absolute atomic E-state index is 12.7. The largest absolute Gasteiger partial charge is 0.352 e. The number of likely N-dealkylation sites (tertiary alicyclic amines) is 1. The van der Waals surface area contributed by atoms with Crippen LogP contribution in [0.15, 0.2) is 12.3 Å². The molecule has 1 aliphatic heterocycles. The van der Waals surface area contributed by atoms with E-state index in [1.165, 1.54) is 0 Å². The fourth-order valence-electron chi connectivity index (χ4n) is 2.98. The van der Waals surface area contributed by atoms with Crippen molar-refractivity contribution < 1.29 is 9.59 Å². The minimum absolute atomic E-state index is 0.0311. The summed E-state index contributed by atoms with van der Waals surface area (Å²) in [7, 11) is 0. The molecule has 0 aromatic carbocycles. The Balaban J connectivity index is 2.00. The SMILES string of the molecule is CCCC[C@@H](NC(N)=O)C(=O)N1CCC[C@H](c2ccn[nH]2)C1. The van der Waals surface area contributed by atoms with Crippen molar-refractivity contribution in [3.05, 3.63) is 18.0 Å². The van der Waals surface area contributed by atoms with Crippen LogP contribution in [0, 0.1) is 0 Å². The molecule has 0 bridgehead atoms. The number of amides is 3. The quantitative estimate of drug-likeness (QED) is 0.738. The van der Waals surface area contributed by atoms with E-state index in [4.69, 9.17) is 5.73 Å². The molecule has 1 fully saturated rings. The molecule has 0 radical (unpaired) electrons. The number of carbonyl (C=O) groups is 2. The highest BCUT2D eigenvalue weighted by Gasteiger charge is 2.30. The first-order valence-corrected chi connectivity index (χ1v) is 7.95. The molecule has 1 saturated heterocycles. The maximum Gasteiger partial charge on any atom is 0.312 e. The van der Waals surface area contributed by atoms with E-state index in [1.54, 1.807) is 6.20 Å². The third kappa shape index (κ3) is 4.22. The number of hydrogen-bond donors (Lipinski definition) is 3. The van der Waals surface area contributed by atoms with E-state index in [0.717, 1.165) is 37.9 Å². The Hall–Kier alpha value is -2.05. The summed E-state index contributed by atoms with van der Waals surface area (Å²) in [6.45, 7) is 3.44. The van der Waals surface area contributed by atoms with E-state index >= 15 is 0 Å². The van der Waals surface area contributed by atoms with Crippen molar-refractivity contribution in [1.29, 1.82) is 0 Å². The lowest BCUT2D eigenvalue weighted by Gasteiger charge is -2.34. The fourth-order valence-corrected chi connectivity index (χ4v) is 2.98. The van der Waals surface area contributed by atoms with Crippen LogP contribution in [0.4, 0.5) is 4.79 Å². The van der Waals surface area contributed by atoms with Gasteiger partial charge in [-0.05, 0) is 25.3 Å². The first-order chi connectivity index (χ1) is 10.6. The van der Waals surface area contributed by atoms with Crippen LogP contribution in [0.3, 0.4) is 0 Å². The van der Waals surface area contributed by atoms with Crippen molar-refractivity contribution in [3.63, 3.8) is 0 Å². The molecule has 0 spiro atoms. The molecule has 3 amide bonds. The van der Waals surface area contributed by atoms with Crippen molar-refractivity contribution in [3.8, 4) is 0 Å². The summed E-state index contributed by atoms with van der Waals surface area (Å²) in [5, 5.41) is 9.55. The van der Waals surface area contributed by atoms with Crippen LogP contribution in [0.5, 0.6) is 0 Å². The highest BCUT2D eigenvalue weighted by Crippen LogP contribution is 2.25. The Bertz CT molecular complexity index is 488. The number of urea groups is 1. The average Bonchev–Trinajstić information content (AvgIpc) is 3.05. The van der Waals surface area contributed by atoms with Crippen LogP contribution in [0.1, 0.15) is 50.6 Å². The Labute approximate surface area is 130 Å². The Morgan fingerprint density at radius 3 is 3.05 bits per heavy atom. The number of rotatable bonds is 6. The molecule has 122 valence electrons. The molecule has 0 aliphatic carbocycles. The lowest BCUT2D eigenvalue weighted by molar-refractivity contribution is -0.134. The second kappa shape index (κ2) is 7.82. The third-order valence-corrected chi connectivity index (χ3v) is 4.16. The third-order valence-electron chi connectivity index (χ3n) is 4.16. The maximum atomic E-state index is 12.7. The number of hydrogen-bond acceptors (Lipinski definition) is 3. The molecule has 2 rings (SSSR count). The van der Waals surface area contributed by atoms with E-state index in [9.17, 15) is 9.59 Å². The highest BCUT2D eigenvalue weighted by atomic mass is 16.2. The summed E-state index contributed by atoms with van der Waals surface area (Å²) in [5.41, 5.74) is 6.26. The van der Waals surface area contributed by atoms with Gasteiger partial charge in [-0.15, -0.1) is 0 Å². The molecular weight excluding hydrogens is 282 g/mol. The standard InChI is InChI=1S/C15H25N5O2/c1-2-3-6-13(18-15(16)22)14(21)20-9-4-5-11(10-20)12-7-8-17-19-12/h7-8,11,13H,2-6,9-10H2,1H3,(H,17,19)(H3,16,18,22)/t11-,13+/m0/s1. The molecule has 1 aromatic heterocycles. The number of piperidine rings is 1. The van der Waals surface area contributed by atoms with Gasteiger partial charge < -0.3 is 16.0 Å². The van der Waals surface area contributed by atoms with Gasteiger partial charge in [0, 0.05) is 30.9 Å². The van der Waals surface area contributed by atoms with Gasteiger partial charge in [-0.1, -0.05) is 19.8 Å². The first kappa shape index (κ1) is 16.3. The van der Waals surface area contributed by atoms with Crippen molar-refractivity contribution in [1.82, 2.24) is 20.4 Å². The number of aromatic nitrogens is 2. The zero-order valence-corrected chi connectivity index (χ0v) is 13.0. The number of H-pyrrole nitrogens is 1. The van der Waals surface area contributed by atoms with Crippen LogP contribution in [-0.4, -0.2) is 46.2 Å². The number of carbonyl (C=O) groups excluding carboxylic acids is 2. The van der Waals surface area contributed by atoms with Gasteiger partial charge >= 0.3 is 6.03 Å². The minimum Gasteiger partial charge on any atom is -0.352 e. The van der Waals surface area contributed by atoms with Crippen molar-refractivity contribution in [2.75, 3.05) is 13.1 Å². The molecule has 4 N–H and O–H groups in total. The average molecular weight is 307 g/mol. The molecule has 2 atom stereocenters. The molecule has 1 aromatic rings. The smallest absolute Gasteiger partial charge is 0.312 e. The summed E-state index contributed by atoms with van der Waals surface area (Å²) in [6.07, 6.45) is 6.20. The minimum atomic E-state index is -0.642. The van der Waals surface area contributed by atoms with E-state index in [2.05, 4.69) is 22.4 Å². The predicted octanol–water partition coefficient (Wildman–Crippen LogP) is 1.34. The van der Waals surface area contributed by atoms with Crippen molar-refractivity contribution >= 4 is 11.9 Å². The summed E-state index contributed by atoms with van der Waals surface area (Å²) in [6, 6.07) is 0.795. The number of primary amides is 1. The summed E-state index contributed by atoms with van der Waals surface area (Å²) >= 11 is 0. The molecule has 22 heavy (non-hydrogen) atoms. The summed E-state index contributed by atoms with van der Waals surface area (Å²) in [5.74, 6) is 0.247. The second-order valence-corrected chi connectivity index (χ2v) is 5.84. The summed E-state index contributed by atoms with van der Waals surface area (Å²) < 4.78 is 0. The Morgan fingerprint density at radius 1 is 1.59 bits per heavy atom. The van der Waals surface area contributed by atoms with Crippen LogP contribution in [-0.2, 0) is 4.79 Å². The zero-order valence-electron chi connectivity index (χ0n) is 13.0. The van der Waals surface area contributed by atoms with Crippen LogP contribution in [0.2, 0.25) is 0 Å². The molecule has 2 heterocycles. The Kier molecular flexibility index (Phi) is 5.80. The number of nitrogens with zero attached hydrogens (tertiary/aromatic N) is 2. The van der Waals surface area contributed by atoms with E-state index in [0.29, 0.717) is 13.0 Å². The molecular formula is C15H25N5O2. The lowest BCUT2D eigenvalue weighted by Crippen LogP contribution is -2.52. The number of nitrogens with one attached hydrogen (secondary N) is 2. The van der Waals surface area contributed by atoms with E-state index in [-0.39, 0.29) is 11.8 Å². The predicted molar refractivity (Wildman–Crippen MR) is 83.2 cm³/mol. The topological polar surface area (TPSA) is 104 Å². The van der Waals surface area contributed by atoms with Gasteiger partial charge in [-0.3, -0.25) is 9.89 Å². The van der Waals surface area contributed by atoms with Gasteiger partial charge in [0.25, 0.3) is 0 Å². The first-order valence-electron chi connectivity index (χ1n) is 7.95. The molecule has 7 nitrogen and oxygen atoms in total. The van der Waals surface area contributed by atoms with E-state index < -0.39 is 12.1 Å². The van der Waals surface area contributed by atoms with Crippen molar-refractivity contribution in [2.45, 2.75) is 51.0 Å². The van der Waals surface area contributed by atoms with Crippen LogP contribution in [0.25, 0.3) is 0 Å². The zero-order chi connectivity index (χ0) is 15.9. The van der Waals surface area contributed by atoms with Crippen LogP contribution >= 0.6 is 0 Å². The van der Waals surface area contributed by atoms with Gasteiger partial charge in [0.2, 0.25) is 5.91 Å². The summed E-state index contributed by atoms with van der Waals surface area (Å²) in [4.78, 5) is 25.7. The van der Waals surface area contributed by atoms with Gasteiger partial charge in [-0.2, -0.15) is 5.10 Å². The molecule has 1 aliphatic rings. The highest BCUT2D eigenvalue weighted by molar-refractivity contribution is 5.86. The van der Waals surface area contributed by atoms with Gasteiger partial charge in [0.05, 0.1) is 0 Å². The van der Waals surface area contributed by atoms with Gasteiger partial charge in [-0.25, -0.2) is 4.79 Å². The molecule has 7 heteroatoms. The van der Waals surface area contributed by atoms with Gasteiger partial charge in [0.15, 0.2) is 0 Å². The number of aromatic amines is 1. The number of nitrogens with two attached hydrogens (primary N) is 1. The number of unbranched alkanes of at least 4 members (excludes halogenated alkanes) is 1. The van der Waals surface area contributed by atoms with Gasteiger partial charge in [0.1, 0.15) is 6.04 Å². The fraction of sp³-hybridized carbons (Fsp3) is 0.667. The van der Waals surface area contributed by atoms with Crippen LogP contribution < -0.4 is 11.1 Å². The molecule has 0 saturated carbocycles. The second-order valence-electron chi connectivity index (χ2n) is 5.84. The lowest BCUT2D eigenvalue weighted by atomic mass is 9.94.